The van der Waals surface area contributed by atoms with Gasteiger partial charge < -0.3 is 9.84 Å². The highest BCUT2D eigenvalue weighted by molar-refractivity contribution is 7.22. The monoisotopic (exact) mass is 406 g/mol. The van der Waals surface area contributed by atoms with E-state index in [1.54, 1.807) is 18.2 Å². The Labute approximate surface area is 161 Å². The van der Waals surface area contributed by atoms with Crippen molar-refractivity contribution in [2.75, 3.05) is 4.90 Å². The molecule has 1 unspecified atom stereocenters. The Morgan fingerprint density at radius 2 is 2.19 bits per heavy atom. The van der Waals surface area contributed by atoms with E-state index >= 15 is 0 Å². The first kappa shape index (κ1) is 17.7. The molecule has 6 nitrogen and oxygen atoms in total. The van der Waals surface area contributed by atoms with Crippen LogP contribution in [0.5, 0.6) is 5.75 Å². The van der Waals surface area contributed by atoms with Crippen LogP contribution in [0.2, 0.25) is 5.02 Å². The maximum absolute atomic E-state index is 14.1. The number of hydrogen-bond donors (Lipinski definition) is 1. The van der Waals surface area contributed by atoms with Gasteiger partial charge in [-0.3, -0.25) is 9.59 Å². The smallest absolute Gasteiger partial charge is 0.307 e. The van der Waals surface area contributed by atoms with E-state index < -0.39 is 29.7 Å². The normalized spacial score (nSPS) is 19.1. The topological polar surface area (TPSA) is 79.7 Å². The van der Waals surface area contributed by atoms with Gasteiger partial charge >= 0.3 is 5.97 Å². The van der Waals surface area contributed by atoms with Gasteiger partial charge in [-0.05, 0) is 37.3 Å². The molecule has 1 aliphatic rings. The number of aromatic nitrogens is 1. The molecular formula is C18H12ClFN2O4S. The van der Waals surface area contributed by atoms with Crippen molar-refractivity contribution in [2.45, 2.75) is 18.9 Å². The lowest BCUT2D eigenvalue weighted by Crippen LogP contribution is -2.53. The molecule has 0 saturated carbocycles. The summed E-state index contributed by atoms with van der Waals surface area (Å²) >= 11 is 7.07. The molecule has 0 saturated heterocycles. The molecule has 138 valence electrons. The summed E-state index contributed by atoms with van der Waals surface area (Å²) in [5, 5.41) is 9.79. The van der Waals surface area contributed by atoms with E-state index in [0.717, 1.165) is 11.3 Å². The fourth-order valence-corrected chi connectivity index (χ4v) is 4.12. The number of carboxylic acids is 1. The number of aliphatic carboxylic acids is 1. The average Bonchev–Trinajstić information content (AvgIpc) is 3.01. The van der Waals surface area contributed by atoms with Crippen LogP contribution in [-0.2, 0) is 9.59 Å². The summed E-state index contributed by atoms with van der Waals surface area (Å²) < 4.78 is 20.1. The average molecular weight is 407 g/mol. The molecule has 1 amide bonds. The SMILES string of the molecule is CC1(CC(=O)O)Oc2ccc(Cl)cc2N(c2nc3cccc(F)c3s2)C1=O. The van der Waals surface area contributed by atoms with Crippen LogP contribution >= 0.6 is 22.9 Å². The molecule has 2 heterocycles. The maximum Gasteiger partial charge on any atom is 0.307 e. The first-order chi connectivity index (χ1) is 12.8. The molecule has 27 heavy (non-hydrogen) atoms. The van der Waals surface area contributed by atoms with Gasteiger partial charge in [0.15, 0.2) is 10.7 Å². The number of carbonyl (C=O) groups is 2. The Bertz CT molecular complexity index is 1100. The third kappa shape index (κ3) is 2.90. The molecule has 1 aromatic heterocycles. The zero-order valence-corrected chi connectivity index (χ0v) is 15.5. The van der Waals surface area contributed by atoms with Crippen LogP contribution in [0.15, 0.2) is 36.4 Å². The molecule has 9 heteroatoms. The first-order valence-corrected chi connectivity index (χ1v) is 9.08. The fourth-order valence-electron chi connectivity index (χ4n) is 2.97. The van der Waals surface area contributed by atoms with E-state index in [1.165, 1.54) is 30.0 Å². The number of anilines is 2. The van der Waals surface area contributed by atoms with Crippen molar-refractivity contribution in [2.24, 2.45) is 0 Å². The molecule has 1 aliphatic heterocycles. The number of carboxylic acid groups (broad SMARTS) is 1. The van der Waals surface area contributed by atoms with Crippen LogP contribution in [0.25, 0.3) is 10.2 Å². The zero-order chi connectivity index (χ0) is 19.3. The van der Waals surface area contributed by atoms with Crippen LogP contribution in [-0.4, -0.2) is 27.6 Å². The molecule has 0 radical (unpaired) electrons. The van der Waals surface area contributed by atoms with Gasteiger partial charge in [-0.2, -0.15) is 0 Å². The molecular weight excluding hydrogens is 395 g/mol. The van der Waals surface area contributed by atoms with Crippen molar-refractivity contribution in [3.8, 4) is 5.75 Å². The Morgan fingerprint density at radius 3 is 2.89 bits per heavy atom. The van der Waals surface area contributed by atoms with Gasteiger partial charge in [-0.15, -0.1) is 0 Å². The van der Waals surface area contributed by atoms with Gasteiger partial charge in [-0.25, -0.2) is 14.3 Å². The fraction of sp³-hybridized carbons (Fsp3) is 0.167. The minimum atomic E-state index is -1.64. The number of carbonyl (C=O) groups excluding carboxylic acids is 1. The lowest BCUT2D eigenvalue weighted by Gasteiger charge is -2.38. The lowest BCUT2D eigenvalue weighted by atomic mass is 9.97. The standard InChI is InChI=1S/C18H12ClFN2O4S/c1-18(8-14(23)24)16(25)22(12-7-9(19)5-6-13(12)26-18)17-21-11-4-2-3-10(20)15(11)27-17/h2-7H,8H2,1H3,(H,23,24). The highest BCUT2D eigenvalue weighted by Gasteiger charge is 2.48. The maximum atomic E-state index is 14.1. The van der Waals surface area contributed by atoms with E-state index in [-0.39, 0.29) is 5.13 Å². The van der Waals surface area contributed by atoms with Crippen molar-refractivity contribution in [1.82, 2.24) is 4.98 Å². The number of benzene rings is 2. The largest absolute Gasteiger partial charge is 0.481 e. The highest BCUT2D eigenvalue weighted by atomic mass is 35.5. The number of fused-ring (bicyclic) bond motifs is 2. The van der Waals surface area contributed by atoms with Gasteiger partial charge in [0.05, 0.1) is 22.3 Å². The van der Waals surface area contributed by atoms with Crippen LogP contribution in [0.1, 0.15) is 13.3 Å². The van der Waals surface area contributed by atoms with E-state index in [9.17, 15) is 19.1 Å². The van der Waals surface area contributed by atoms with Gasteiger partial charge in [0.25, 0.3) is 5.91 Å². The third-order valence-corrected chi connectivity index (χ3v) is 5.49. The second-order valence-electron chi connectivity index (χ2n) is 6.24. The molecule has 2 aromatic carbocycles. The summed E-state index contributed by atoms with van der Waals surface area (Å²) in [4.78, 5) is 30.1. The third-order valence-electron chi connectivity index (χ3n) is 4.19. The molecule has 4 rings (SSSR count). The van der Waals surface area contributed by atoms with Gasteiger partial charge in [0, 0.05) is 5.02 Å². The van der Waals surface area contributed by atoms with Crippen molar-refractivity contribution >= 4 is 55.8 Å². The molecule has 1 N–H and O–H groups in total. The van der Waals surface area contributed by atoms with Crippen molar-refractivity contribution < 1.29 is 23.8 Å². The Kier molecular flexibility index (Phi) is 4.05. The Hall–Kier alpha value is -2.71. The molecule has 0 fully saturated rings. The summed E-state index contributed by atoms with van der Waals surface area (Å²) in [5.41, 5.74) is -0.907. The number of nitrogens with zero attached hydrogens (tertiary/aromatic N) is 2. The Balaban J connectivity index is 1.93. The predicted molar refractivity (Wildman–Crippen MR) is 99.5 cm³/mol. The molecule has 0 aliphatic carbocycles. The number of hydrogen-bond acceptors (Lipinski definition) is 5. The van der Waals surface area contributed by atoms with E-state index in [1.807, 2.05) is 0 Å². The summed E-state index contributed by atoms with van der Waals surface area (Å²) in [6, 6.07) is 9.14. The van der Waals surface area contributed by atoms with E-state index in [2.05, 4.69) is 4.98 Å². The Morgan fingerprint density at radius 1 is 1.41 bits per heavy atom. The van der Waals surface area contributed by atoms with E-state index in [0.29, 0.717) is 26.7 Å². The number of ether oxygens (including phenoxy) is 1. The van der Waals surface area contributed by atoms with Gasteiger partial charge in [0.1, 0.15) is 11.6 Å². The van der Waals surface area contributed by atoms with Crippen LogP contribution in [0.4, 0.5) is 15.2 Å². The van der Waals surface area contributed by atoms with Crippen LogP contribution in [0, 0.1) is 5.82 Å². The molecule has 3 aromatic rings. The van der Waals surface area contributed by atoms with Crippen molar-refractivity contribution in [3.63, 3.8) is 0 Å². The summed E-state index contributed by atoms with van der Waals surface area (Å²) in [7, 11) is 0. The lowest BCUT2D eigenvalue weighted by molar-refractivity contribution is -0.148. The molecule has 0 spiro atoms. The number of thiazole rings is 1. The van der Waals surface area contributed by atoms with Crippen LogP contribution in [0.3, 0.4) is 0 Å². The number of halogens is 2. The predicted octanol–water partition coefficient (Wildman–Crippen LogP) is 4.38. The first-order valence-electron chi connectivity index (χ1n) is 7.88. The summed E-state index contributed by atoms with van der Waals surface area (Å²) in [6.45, 7) is 1.40. The molecule has 0 bridgehead atoms. The highest BCUT2D eigenvalue weighted by Crippen LogP contribution is 2.46. The minimum absolute atomic E-state index is 0.212. The van der Waals surface area contributed by atoms with Gasteiger partial charge in [-0.1, -0.05) is 29.0 Å². The van der Waals surface area contributed by atoms with Crippen molar-refractivity contribution in [1.29, 1.82) is 0 Å². The molecule has 1 atom stereocenters. The number of rotatable bonds is 3. The van der Waals surface area contributed by atoms with Crippen LogP contribution < -0.4 is 9.64 Å². The van der Waals surface area contributed by atoms with E-state index in [4.69, 9.17) is 16.3 Å². The second-order valence-corrected chi connectivity index (χ2v) is 7.65. The second kappa shape index (κ2) is 6.17. The van der Waals surface area contributed by atoms with Gasteiger partial charge in [0.2, 0.25) is 0 Å². The zero-order valence-electron chi connectivity index (χ0n) is 13.9. The minimum Gasteiger partial charge on any atom is -0.481 e. The van der Waals surface area contributed by atoms with Crippen molar-refractivity contribution in [3.05, 3.63) is 47.2 Å². The summed E-state index contributed by atoms with van der Waals surface area (Å²) in [5.74, 6) is -1.95. The quantitative estimate of drug-likeness (QED) is 0.698. The summed E-state index contributed by atoms with van der Waals surface area (Å²) in [6.07, 6.45) is -0.538. The number of amides is 1.